The van der Waals surface area contributed by atoms with Gasteiger partial charge < -0.3 is 20.3 Å². The molecule has 0 aliphatic carbocycles. The summed E-state index contributed by atoms with van der Waals surface area (Å²) in [5, 5.41) is 23.3. The van der Waals surface area contributed by atoms with Crippen LogP contribution >= 0.6 is 0 Å². The third kappa shape index (κ3) is 51.7. The zero-order valence-electron chi connectivity index (χ0n) is 44.4. The fourth-order valence-electron chi connectivity index (χ4n) is 9.16. The summed E-state index contributed by atoms with van der Waals surface area (Å²) < 4.78 is 5.47. The van der Waals surface area contributed by atoms with Crippen LogP contribution in [0.2, 0.25) is 0 Å². The summed E-state index contributed by atoms with van der Waals surface area (Å²) >= 11 is 0. The Hall–Kier alpha value is -1.66. The van der Waals surface area contributed by atoms with Crippen LogP contribution in [0.1, 0.15) is 322 Å². The number of hydrogen-bond donors (Lipinski definition) is 3. The van der Waals surface area contributed by atoms with Gasteiger partial charge in [-0.25, -0.2) is 0 Å². The molecule has 6 nitrogen and oxygen atoms in total. The molecule has 2 atom stereocenters. The first-order valence-corrected chi connectivity index (χ1v) is 29.6. The third-order valence-electron chi connectivity index (χ3n) is 13.7. The standard InChI is InChI=1S/C60H115NO5/c1-3-5-7-9-11-13-15-17-19-24-28-32-36-40-44-48-52-58(63)57(56-62)61-59(64)53-49-45-41-37-33-29-25-22-21-23-27-31-35-39-43-47-51-55-66-60(65)54-50-46-42-38-34-30-26-20-18-16-14-12-10-8-6-4-2/h20-21,23,26,57-58,62-63H,3-19,22,24-25,27-56H2,1-2H3,(H,61,64)/b23-21-,26-20-. The van der Waals surface area contributed by atoms with Crippen LogP contribution in [0.5, 0.6) is 0 Å². The molecule has 0 rings (SSSR count). The smallest absolute Gasteiger partial charge is 0.305 e. The van der Waals surface area contributed by atoms with E-state index in [0.717, 1.165) is 57.8 Å². The van der Waals surface area contributed by atoms with Crippen LogP contribution in [0, 0.1) is 0 Å². The van der Waals surface area contributed by atoms with Gasteiger partial charge in [0.25, 0.3) is 0 Å². The van der Waals surface area contributed by atoms with E-state index < -0.39 is 12.1 Å². The van der Waals surface area contributed by atoms with Gasteiger partial charge in [0.2, 0.25) is 5.91 Å². The van der Waals surface area contributed by atoms with Crippen LogP contribution in [0.3, 0.4) is 0 Å². The van der Waals surface area contributed by atoms with Crippen molar-refractivity contribution in [3.05, 3.63) is 24.3 Å². The van der Waals surface area contributed by atoms with Crippen molar-refractivity contribution in [1.29, 1.82) is 0 Å². The van der Waals surface area contributed by atoms with Crippen LogP contribution in [-0.2, 0) is 14.3 Å². The lowest BCUT2D eigenvalue weighted by Crippen LogP contribution is -2.45. The van der Waals surface area contributed by atoms with Crippen molar-refractivity contribution in [2.45, 2.75) is 334 Å². The lowest BCUT2D eigenvalue weighted by atomic mass is 10.0. The van der Waals surface area contributed by atoms with E-state index >= 15 is 0 Å². The van der Waals surface area contributed by atoms with Gasteiger partial charge in [0, 0.05) is 12.8 Å². The first-order chi connectivity index (χ1) is 32.5. The molecule has 0 radical (unpaired) electrons. The van der Waals surface area contributed by atoms with E-state index in [2.05, 4.69) is 43.5 Å². The number of nitrogens with one attached hydrogen (secondary N) is 1. The Morgan fingerprint density at radius 2 is 0.712 bits per heavy atom. The second kappa shape index (κ2) is 55.9. The minimum atomic E-state index is -0.672. The Morgan fingerprint density at radius 3 is 1.08 bits per heavy atom. The lowest BCUT2D eigenvalue weighted by Gasteiger charge is -2.22. The highest BCUT2D eigenvalue weighted by Gasteiger charge is 2.20. The summed E-state index contributed by atoms with van der Waals surface area (Å²) in [5.41, 5.74) is 0. The van der Waals surface area contributed by atoms with Gasteiger partial charge in [0.1, 0.15) is 0 Å². The number of amides is 1. The largest absolute Gasteiger partial charge is 0.466 e. The minimum absolute atomic E-state index is 0.00881. The first-order valence-electron chi connectivity index (χ1n) is 29.6. The van der Waals surface area contributed by atoms with Crippen molar-refractivity contribution in [2.24, 2.45) is 0 Å². The highest BCUT2D eigenvalue weighted by atomic mass is 16.5. The van der Waals surface area contributed by atoms with Gasteiger partial charge in [-0.1, -0.05) is 256 Å². The highest BCUT2D eigenvalue weighted by Crippen LogP contribution is 2.17. The molecule has 0 heterocycles. The summed E-state index contributed by atoms with van der Waals surface area (Å²) in [7, 11) is 0. The molecule has 66 heavy (non-hydrogen) atoms. The topological polar surface area (TPSA) is 95.9 Å². The number of allylic oxidation sites excluding steroid dienone is 4. The summed E-state index contributed by atoms with van der Waals surface area (Å²) in [6.45, 7) is 4.94. The zero-order chi connectivity index (χ0) is 47.9. The Balaban J connectivity index is 3.45. The molecule has 0 aromatic heterocycles. The van der Waals surface area contributed by atoms with Crippen LogP contribution < -0.4 is 5.32 Å². The summed E-state index contributed by atoms with van der Waals surface area (Å²) in [4.78, 5) is 24.5. The Morgan fingerprint density at radius 1 is 0.409 bits per heavy atom. The molecule has 1 amide bonds. The maximum Gasteiger partial charge on any atom is 0.305 e. The van der Waals surface area contributed by atoms with Crippen LogP contribution in [0.25, 0.3) is 0 Å². The molecule has 0 aliphatic heterocycles. The number of aliphatic hydroxyl groups is 2. The summed E-state index contributed by atoms with van der Waals surface area (Å²) in [6.07, 6.45) is 67.4. The second-order valence-corrected chi connectivity index (χ2v) is 20.3. The number of unbranched alkanes of at least 4 members (excludes halogenated alkanes) is 40. The fraction of sp³-hybridized carbons (Fsp3) is 0.900. The first kappa shape index (κ1) is 64.3. The van der Waals surface area contributed by atoms with E-state index in [9.17, 15) is 19.8 Å². The van der Waals surface area contributed by atoms with Gasteiger partial charge in [-0.2, -0.15) is 0 Å². The van der Waals surface area contributed by atoms with Gasteiger partial charge in [-0.05, 0) is 77.0 Å². The molecule has 0 aromatic carbocycles. The van der Waals surface area contributed by atoms with Crippen molar-refractivity contribution in [3.63, 3.8) is 0 Å². The quantitative estimate of drug-likeness (QED) is 0.0321. The monoisotopic (exact) mass is 930 g/mol. The predicted octanol–water partition coefficient (Wildman–Crippen LogP) is 18.2. The van der Waals surface area contributed by atoms with Crippen LogP contribution in [0.4, 0.5) is 0 Å². The molecule has 0 spiro atoms. The molecule has 0 saturated heterocycles. The van der Waals surface area contributed by atoms with Crippen molar-refractivity contribution >= 4 is 11.9 Å². The number of carbonyl (C=O) groups excluding carboxylic acids is 2. The van der Waals surface area contributed by atoms with Crippen LogP contribution in [0.15, 0.2) is 24.3 Å². The minimum Gasteiger partial charge on any atom is -0.466 e. The van der Waals surface area contributed by atoms with Crippen molar-refractivity contribution in [2.75, 3.05) is 13.2 Å². The average Bonchev–Trinajstić information content (AvgIpc) is 3.32. The number of rotatable bonds is 55. The number of esters is 1. The molecule has 0 aromatic rings. The molecule has 0 fully saturated rings. The predicted molar refractivity (Wildman–Crippen MR) is 287 cm³/mol. The third-order valence-corrected chi connectivity index (χ3v) is 13.7. The number of ether oxygens (including phenoxy) is 1. The van der Waals surface area contributed by atoms with Gasteiger partial charge in [0.15, 0.2) is 0 Å². The lowest BCUT2D eigenvalue weighted by molar-refractivity contribution is -0.143. The Labute approximate surface area is 411 Å². The van der Waals surface area contributed by atoms with Gasteiger partial charge >= 0.3 is 5.97 Å². The molecular weight excluding hydrogens is 815 g/mol. The molecular formula is C60H115NO5. The van der Waals surface area contributed by atoms with Gasteiger partial charge in [-0.3, -0.25) is 9.59 Å². The molecule has 3 N–H and O–H groups in total. The number of carbonyl (C=O) groups is 2. The van der Waals surface area contributed by atoms with E-state index in [0.29, 0.717) is 25.9 Å². The molecule has 2 unspecified atom stereocenters. The summed E-state index contributed by atoms with van der Waals surface area (Å²) in [5.74, 6) is -0.0543. The zero-order valence-corrected chi connectivity index (χ0v) is 44.4. The van der Waals surface area contributed by atoms with E-state index in [-0.39, 0.29) is 18.5 Å². The van der Waals surface area contributed by atoms with E-state index in [1.807, 2.05) is 0 Å². The summed E-state index contributed by atoms with van der Waals surface area (Å²) in [6, 6.07) is -0.550. The number of hydrogen-bond acceptors (Lipinski definition) is 5. The Kier molecular flexibility index (Phi) is 54.5. The molecule has 390 valence electrons. The highest BCUT2D eigenvalue weighted by molar-refractivity contribution is 5.76. The van der Waals surface area contributed by atoms with Gasteiger partial charge in [-0.15, -0.1) is 0 Å². The second-order valence-electron chi connectivity index (χ2n) is 20.3. The maximum atomic E-state index is 12.5. The molecule has 0 aliphatic rings. The van der Waals surface area contributed by atoms with Crippen molar-refractivity contribution < 1.29 is 24.5 Å². The maximum absolute atomic E-state index is 12.5. The Bertz CT molecular complexity index is 1030. The van der Waals surface area contributed by atoms with Gasteiger partial charge in [0.05, 0.1) is 25.4 Å². The number of aliphatic hydroxyl groups excluding tert-OH is 2. The molecule has 0 bridgehead atoms. The molecule has 6 heteroatoms. The van der Waals surface area contributed by atoms with Crippen molar-refractivity contribution in [1.82, 2.24) is 5.32 Å². The van der Waals surface area contributed by atoms with E-state index in [4.69, 9.17) is 4.74 Å². The van der Waals surface area contributed by atoms with Crippen LogP contribution in [-0.4, -0.2) is 47.4 Å². The average molecular weight is 931 g/mol. The fourth-order valence-corrected chi connectivity index (χ4v) is 9.16. The van der Waals surface area contributed by atoms with Crippen molar-refractivity contribution in [3.8, 4) is 0 Å². The SMILES string of the molecule is CCCCCCCCC/C=C\CCCCCCCC(=O)OCCCCCCCC/C=C\CCCCCCCCCC(=O)NC(CO)C(O)CCCCCCCCCCCCCCCCCC. The van der Waals surface area contributed by atoms with E-state index in [1.54, 1.807) is 0 Å². The normalized spacial score (nSPS) is 12.7. The molecule has 0 saturated carbocycles. The van der Waals surface area contributed by atoms with E-state index in [1.165, 1.54) is 231 Å².